The van der Waals surface area contributed by atoms with Crippen molar-refractivity contribution in [2.24, 2.45) is 0 Å². The van der Waals surface area contributed by atoms with E-state index in [9.17, 15) is 13.2 Å². The molecule has 1 fully saturated rings. The van der Waals surface area contributed by atoms with Crippen LogP contribution in [0.4, 0.5) is 5.82 Å². The van der Waals surface area contributed by atoms with Gasteiger partial charge in [-0.25, -0.2) is 13.4 Å². The van der Waals surface area contributed by atoms with Crippen molar-refractivity contribution in [1.82, 2.24) is 4.98 Å². The molecule has 1 heterocycles. The minimum atomic E-state index is -3.38. The van der Waals surface area contributed by atoms with E-state index < -0.39 is 21.4 Å². The molecule has 0 saturated heterocycles. The second-order valence-corrected chi connectivity index (χ2v) is 7.15. The lowest BCUT2D eigenvalue weighted by molar-refractivity contribution is -0.142. The fraction of sp³-hybridized carbons (Fsp3) is 0.500. The molecule has 0 radical (unpaired) electrons. The third-order valence-corrected chi connectivity index (χ3v) is 4.98. The van der Waals surface area contributed by atoms with Gasteiger partial charge in [-0.3, -0.25) is 9.52 Å². The first-order valence-corrected chi connectivity index (χ1v) is 7.50. The van der Waals surface area contributed by atoms with Crippen LogP contribution in [-0.4, -0.2) is 29.7 Å². The number of pyridine rings is 1. The van der Waals surface area contributed by atoms with Crippen molar-refractivity contribution in [3.63, 3.8) is 0 Å². The van der Waals surface area contributed by atoms with Gasteiger partial charge in [0.25, 0.3) is 0 Å². The summed E-state index contributed by atoms with van der Waals surface area (Å²) in [4.78, 5) is 15.2. The monoisotopic (exact) mass is 284 g/mol. The summed E-state index contributed by atoms with van der Waals surface area (Å²) in [6.07, 6.45) is 1.32. The zero-order chi connectivity index (χ0) is 14.3. The molecular weight excluding hydrogens is 268 g/mol. The number of aromatic nitrogens is 1. The van der Waals surface area contributed by atoms with Crippen molar-refractivity contribution in [1.29, 1.82) is 0 Å². The van der Waals surface area contributed by atoms with E-state index in [4.69, 9.17) is 5.11 Å². The lowest BCUT2D eigenvalue weighted by atomic mass is 9.89. The van der Waals surface area contributed by atoms with Gasteiger partial charge in [0.2, 0.25) is 10.0 Å². The zero-order valence-electron chi connectivity index (χ0n) is 10.8. The molecule has 0 bridgehead atoms. The number of carboxylic acid groups (broad SMARTS) is 1. The smallest absolute Gasteiger partial charge is 0.315 e. The molecule has 0 spiro atoms. The van der Waals surface area contributed by atoms with Crippen molar-refractivity contribution in [3.05, 3.63) is 23.9 Å². The number of rotatable bonds is 5. The molecule has 6 nitrogen and oxygen atoms in total. The second kappa shape index (κ2) is 4.48. The Morgan fingerprint density at radius 3 is 2.58 bits per heavy atom. The van der Waals surface area contributed by atoms with Gasteiger partial charge in [-0.15, -0.1) is 0 Å². The minimum absolute atomic E-state index is 0.165. The van der Waals surface area contributed by atoms with Crippen LogP contribution >= 0.6 is 0 Å². The molecule has 0 atom stereocenters. The van der Waals surface area contributed by atoms with Crippen LogP contribution < -0.4 is 4.72 Å². The molecule has 0 amide bonds. The average Bonchev–Trinajstić information content (AvgIpc) is 3.12. The van der Waals surface area contributed by atoms with E-state index in [1.165, 1.54) is 19.9 Å². The first kappa shape index (κ1) is 13.8. The summed E-state index contributed by atoms with van der Waals surface area (Å²) in [7, 11) is -3.38. The van der Waals surface area contributed by atoms with Gasteiger partial charge in [-0.1, -0.05) is 6.07 Å². The topological polar surface area (TPSA) is 96.4 Å². The molecule has 7 heteroatoms. The van der Waals surface area contributed by atoms with Crippen molar-refractivity contribution in [3.8, 4) is 0 Å². The highest BCUT2D eigenvalue weighted by Crippen LogP contribution is 2.30. The van der Waals surface area contributed by atoms with Gasteiger partial charge >= 0.3 is 5.97 Å². The molecule has 1 aliphatic carbocycles. The van der Waals surface area contributed by atoms with E-state index in [2.05, 4.69) is 9.71 Å². The number of anilines is 1. The maximum atomic E-state index is 11.8. The highest BCUT2D eigenvalue weighted by atomic mass is 32.2. The molecule has 1 aromatic heterocycles. The molecule has 1 aliphatic rings. The Balaban J connectivity index is 2.27. The molecule has 0 unspecified atom stereocenters. The van der Waals surface area contributed by atoms with Crippen molar-refractivity contribution in [2.45, 2.75) is 37.4 Å². The predicted molar refractivity (Wildman–Crippen MR) is 70.5 cm³/mol. The van der Waals surface area contributed by atoms with Gasteiger partial charge in [0, 0.05) is 0 Å². The fourth-order valence-electron chi connectivity index (χ4n) is 1.56. The van der Waals surface area contributed by atoms with E-state index in [0.29, 0.717) is 18.5 Å². The molecule has 1 aromatic rings. The quantitative estimate of drug-likeness (QED) is 0.850. The Bertz CT molecular complexity index is 606. The molecule has 104 valence electrons. The number of hydrogen-bond acceptors (Lipinski definition) is 4. The van der Waals surface area contributed by atoms with Gasteiger partial charge in [-0.05, 0) is 38.8 Å². The van der Waals surface area contributed by atoms with Crippen LogP contribution in [0.1, 0.15) is 32.4 Å². The molecule has 2 N–H and O–H groups in total. The maximum absolute atomic E-state index is 11.8. The lowest BCUT2D eigenvalue weighted by Crippen LogP contribution is -2.30. The highest BCUT2D eigenvalue weighted by molar-refractivity contribution is 7.93. The Labute approximate surface area is 111 Å². The molecule has 1 saturated carbocycles. The normalized spacial score (nSPS) is 16.1. The van der Waals surface area contributed by atoms with Crippen LogP contribution in [0.5, 0.6) is 0 Å². The highest BCUT2D eigenvalue weighted by Gasteiger charge is 2.36. The molecule has 0 aromatic carbocycles. The van der Waals surface area contributed by atoms with Crippen LogP contribution in [0.25, 0.3) is 0 Å². The number of sulfonamides is 1. The van der Waals surface area contributed by atoms with Gasteiger partial charge in [0.15, 0.2) is 0 Å². The fourth-order valence-corrected chi connectivity index (χ4v) is 2.89. The van der Waals surface area contributed by atoms with E-state index in [0.717, 1.165) is 0 Å². The standard InChI is InChI=1S/C12H16N2O4S/c1-12(2,11(15)16)9-4-3-5-10(13-9)14-19(17,18)8-6-7-8/h3-5,8H,6-7H2,1-2H3,(H,13,14)(H,15,16). The number of carboxylic acids is 1. The predicted octanol–water partition coefficient (Wildman–Crippen LogP) is 1.35. The third-order valence-electron chi connectivity index (χ3n) is 3.13. The third kappa shape index (κ3) is 2.86. The number of nitrogens with one attached hydrogen (secondary N) is 1. The number of nitrogens with zero attached hydrogens (tertiary/aromatic N) is 1. The largest absolute Gasteiger partial charge is 0.481 e. The van der Waals surface area contributed by atoms with Crippen molar-refractivity contribution >= 4 is 21.8 Å². The summed E-state index contributed by atoms with van der Waals surface area (Å²) < 4.78 is 26.0. The SMILES string of the molecule is CC(C)(C(=O)O)c1cccc(NS(=O)(=O)C2CC2)n1. The van der Waals surface area contributed by atoms with Gasteiger partial charge in [0.05, 0.1) is 10.9 Å². The zero-order valence-corrected chi connectivity index (χ0v) is 11.6. The average molecular weight is 284 g/mol. The Morgan fingerprint density at radius 2 is 2.05 bits per heavy atom. The summed E-state index contributed by atoms with van der Waals surface area (Å²) in [5.41, 5.74) is -0.850. The Hall–Kier alpha value is -1.63. The van der Waals surface area contributed by atoms with Crippen LogP contribution in [0.15, 0.2) is 18.2 Å². The van der Waals surface area contributed by atoms with Crippen LogP contribution in [0.3, 0.4) is 0 Å². The Kier molecular flexibility index (Phi) is 3.25. The van der Waals surface area contributed by atoms with Crippen molar-refractivity contribution < 1.29 is 18.3 Å². The maximum Gasteiger partial charge on any atom is 0.315 e. The lowest BCUT2D eigenvalue weighted by Gasteiger charge is -2.19. The molecule has 0 aliphatic heterocycles. The number of aliphatic carboxylic acids is 1. The first-order valence-electron chi connectivity index (χ1n) is 5.96. The molecule has 2 rings (SSSR count). The van der Waals surface area contributed by atoms with Gasteiger partial charge in [-0.2, -0.15) is 0 Å². The van der Waals surface area contributed by atoms with Crippen molar-refractivity contribution in [2.75, 3.05) is 4.72 Å². The molecular formula is C12H16N2O4S. The van der Waals surface area contributed by atoms with E-state index in [1.54, 1.807) is 12.1 Å². The van der Waals surface area contributed by atoms with Crippen LogP contribution in [-0.2, 0) is 20.2 Å². The summed E-state index contributed by atoms with van der Waals surface area (Å²) in [5, 5.41) is 8.80. The van der Waals surface area contributed by atoms with E-state index in [-0.39, 0.29) is 11.1 Å². The van der Waals surface area contributed by atoms with Crippen LogP contribution in [0, 0.1) is 0 Å². The number of carbonyl (C=O) groups is 1. The van der Waals surface area contributed by atoms with Gasteiger partial charge in [0.1, 0.15) is 11.2 Å². The summed E-state index contributed by atoms with van der Waals surface area (Å²) in [6, 6.07) is 4.68. The summed E-state index contributed by atoms with van der Waals surface area (Å²) >= 11 is 0. The van der Waals surface area contributed by atoms with Crippen LogP contribution in [0.2, 0.25) is 0 Å². The first-order chi connectivity index (χ1) is 8.73. The number of hydrogen-bond donors (Lipinski definition) is 2. The molecule has 19 heavy (non-hydrogen) atoms. The summed E-state index contributed by atoms with van der Waals surface area (Å²) in [5.74, 6) is -0.846. The van der Waals surface area contributed by atoms with E-state index in [1.807, 2.05) is 0 Å². The van der Waals surface area contributed by atoms with E-state index >= 15 is 0 Å². The summed E-state index contributed by atoms with van der Waals surface area (Å²) in [6.45, 7) is 3.05. The van der Waals surface area contributed by atoms with Gasteiger partial charge < -0.3 is 5.11 Å². The second-order valence-electron chi connectivity index (χ2n) is 5.18. The minimum Gasteiger partial charge on any atom is -0.481 e. The Morgan fingerprint density at radius 1 is 1.42 bits per heavy atom.